The number of nitrogens with one attached hydrogen (secondary N) is 1. The van der Waals surface area contributed by atoms with Gasteiger partial charge in [0.2, 0.25) is 5.91 Å². The third kappa shape index (κ3) is 2.58. The first-order valence-electron chi connectivity index (χ1n) is 3.79. The topological polar surface area (TPSA) is 49.3 Å². The van der Waals surface area contributed by atoms with Gasteiger partial charge in [-0.1, -0.05) is 34.7 Å². The van der Waals surface area contributed by atoms with Gasteiger partial charge in [-0.3, -0.25) is 4.79 Å². The summed E-state index contributed by atoms with van der Waals surface area (Å²) in [5.74, 6) is 0.176. The first kappa shape index (κ1) is 10.3. The van der Waals surface area contributed by atoms with E-state index in [1.54, 1.807) is 31.3 Å². The van der Waals surface area contributed by atoms with E-state index in [0.717, 1.165) is 5.56 Å². The largest absolute Gasteiger partial charge is 0.508 e. The van der Waals surface area contributed by atoms with E-state index in [9.17, 15) is 4.79 Å². The molecule has 1 atom stereocenters. The molecule has 3 nitrogen and oxygen atoms in total. The molecule has 4 heteroatoms. The Labute approximate surface area is 90.3 Å². The van der Waals surface area contributed by atoms with Crippen LogP contribution in [0, 0.1) is 0 Å². The number of rotatable bonds is 2. The highest BCUT2D eigenvalue weighted by Gasteiger charge is 2.14. The molecule has 2 N–H and O–H groups in total. The number of hydrogen-bond donors (Lipinski definition) is 2. The van der Waals surface area contributed by atoms with Crippen molar-refractivity contribution < 1.29 is 9.90 Å². The summed E-state index contributed by atoms with van der Waals surface area (Å²) in [4.78, 5) is 11.2. The maximum atomic E-state index is 11.2. The number of carbonyl (C=O) groups excluding carboxylic acids is 1. The molecule has 1 amide bonds. The molecule has 0 radical (unpaired) electrons. The highest BCUT2D eigenvalue weighted by Crippen LogP contribution is 2.24. The van der Waals surface area contributed by atoms with Gasteiger partial charge in [-0.25, -0.2) is 0 Å². The maximum Gasteiger partial charge on any atom is 0.237 e. The van der Waals surface area contributed by atoms with Crippen LogP contribution < -0.4 is 5.32 Å². The van der Waals surface area contributed by atoms with Gasteiger partial charge in [0.15, 0.2) is 0 Å². The summed E-state index contributed by atoms with van der Waals surface area (Å²) in [6, 6.07) is 6.62. The molecule has 0 aliphatic heterocycles. The molecule has 0 fully saturated rings. The Balaban J connectivity index is 2.83. The monoisotopic (exact) mass is 291 g/mol. The minimum atomic E-state index is -0.205. The van der Waals surface area contributed by atoms with Gasteiger partial charge in [0.05, 0.1) is 0 Å². The predicted molar refractivity (Wildman–Crippen MR) is 58.9 cm³/mol. The number of amides is 1. The number of alkyl halides is 1. The number of hydrogen-bond acceptors (Lipinski definition) is 2. The number of aromatic hydroxyl groups is 1. The standard InChI is InChI=1S/C9H10INO2/c1-11-9(13)8(10)6-2-4-7(12)5-3-6/h2-5,8,12H,1H3,(H,11,13). The second kappa shape index (κ2) is 4.45. The van der Waals surface area contributed by atoms with Crippen LogP contribution in [0.15, 0.2) is 24.3 Å². The SMILES string of the molecule is CNC(=O)C(I)c1ccc(O)cc1. The Hall–Kier alpha value is -0.780. The first-order valence-corrected chi connectivity index (χ1v) is 5.04. The van der Waals surface area contributed by atoms with E-state index in [0.29, 0.717) is 0 Å². The molecule has 0 spiro atoms. The van der Waals surface area contributed by atoms with E-state index >= 15 is 0 Å². The summed E-state index contributed by atoms with van der Waals surface area (Å²) < 4.78 is -0.205. The summed E-state index contributed by atoms with van der Waals surface area (Å²) >= 11 is 2.05. The Morgan fingerprint density at radius 3 is 2.46 bits per heavy atom. The summed E-state index contributed by atoms with van der Waals surface area (Å²) in [5, 5.41) is 11.6. The highest BCUT2D eigenvalue weighted by molar-refractivity contribution is 14.1. The predicted octanol–water partition coefficient (Wildman–Crippen LogP) is 1.61. The summed E-state index contributed by atoms with van der Waals surface area (Å²) in [6.45, 7) is 0. The van der Waals surface area contributed by atoms with Crippen LogP contribution in [0.1, 0.15) is 9.49 Å². The molecule has 1 aromatic carbocycles. The van der Waals surface area contributed by atoms with Gasteiger partial charge >= 0.3 is 0 Å². The van der Waals surface area contributed by atoms with Gasteiger partial charge in [-0.2, -0.15) is 0 Å². The zero-order valence-corrected chi connectivity index (χ0v) is 9.28. The molecule has 13 heavy (non-hydrogen) atoms. The molecular formula is C9H10INO2. The summed E-state index contributed by atoms with van der Waals surface area (Å²) in [6.07, 6.45) is 0. The fourth-order valence-electron chi connectivity index (χ4n) is 0.921. The summed E-state index contributed by atoms with van der Waals surface area (Å²) in [5.41, 5.74) is 0.887. The van der Waals surface area contributed by atoms with Crippen LogP contribution in [0.5, 0.6) is 5.75 Å². The van der Waals surface area contributed by atoms with Crippen molar-refractivity contribution in [2.75, 3.05) is 7.05 Å². The van der Waals surface area contributed by atoms with E-state index in [-0.39, 0.29) is 15.6 Å². The Kier molecular flexibility index (Phi) is 3.53. The van der Waals surface area contributed by atoms with E-state index in [4.69, 9.17) is 5.11 Å². The van der Waals surface area contributed by atoms with Crippen molar-refractivity contribution in [1.82, 2.24) is 5.32 Å². The molecule has 0 heterocycles. The quantitative estimate of drug-likeness (QED) is 0.642. The molecule has 0 aliphatic rings. The molecule has 1 rings (SSSR count). The molecule has 1 unspecified atom stereocenters. The third-order valence-electron chi connectivity index (χ3n) is 1.66. The van der Waals surface area contributed by atoms with Gasteiger partial charge in [-0.15, -0.1) is 0 Å². The van der Waals surface area contributed by atoms with Gasteiger partial charge in [0, 0.05) is 7.05 Å². The average molecular weight is 291 g/mol. The van der Waals surface area contributed by atoms with E-state index in [1.807, 2.05) is 0 Å². The number of halogens is 1. The van der Waals surface area contributed by atoms with Crippen LogP contribution in [-0.2, 0) is 4.79 Å². The molecule has 0 aliphatic carbocycles. The molecular weight excluding hydrogens is 281 g/mol. The van der Waals surface area contributed by atoms with Crippen LogP contribution >= 0.6 is 22.6 Å². The second-order valence-corrected chi connectivity index (χ2v) is 3.81. The second-order valence-electron chi connectivity index (χ2n) is 2.57. The smallest absolute Gasteiger partial charge is 0.237 e. The van der Waals surface area contributed by atoms with Gasteiger partial charge in [-0.05, 0) is 17.7 Å². The van der Waals surface area contributed by atoms with Crippen molar-refractivity contribution in [2.24, 2.45) is 0 Å². The van der Waals surface area contributed by atoms with Crippen molar-refractivity contribution in [2.45, 2.75) is 3.92 Å². The average Bonchev–Trinajstić information content (AvgIpc) is 2.17. The molecule has 1 aromatic rings. The lowest BCUT2D eigenvalue weighted by Crippen LogP contribution is -2.21. The molecule has 0 saturated heterocycles. The van der Waals surface area contributed by atoms with Gasteiger partial charge < -0.3 is 10.4 Å². The van der Waals surface area contributed by atoms with E-state index in [2.05, 4.69) is 27.9 Å². The first-order chi connectivity index (χ1) is 6.15. The number of phenolic OH excluding ortho intramolecular Hbond substituents is 1. The number of phenols is 1. The fraction of sp³-hybridized carbons (Fsp3) is 0.222. The maximum absolute atomic E-state index is 11.2. The summed E-state index contributed by atoms with van der Waals surface area (Å²) in [7, 11) is 1.61. The van der Waals surface area contributed by atoms with Crippen LogP contribution in [0.4, 0.5) is 0 Å². The third-order valence-corrected chi connectivity index (χ3v) is 2.95. The molecule has 0 saturated carbocycles. The highest BCUT2D eigenvalue weighted by atomic mass is 127. The van der Waals surface area contributed by atoms with E-state index in [1.165, 1.54) is 0 Å². The van der Waals surface area contributed by atoms with Crippen molar-refractivity contribution in [3.05, 3.63) is 29.8 Å². The van der Waals surface area contributed by atoms with Crippen molar-refractivity contribution in [3.8, 4) is 5.75 Å². The molecule has 0 bridgehead atoms. The zero-order valence-electron chi connectivity index (χ0n) is 7.12. The van der Waals surface area contributed by atoms with Crippen LogP contribution in [0.25, 0.3) is 0 Å². The van der Waals surface area contributed by atoms with Gasteiger partial charge in [0.25, 0.3) is 0 Å². The Morgan fingerprint density at radius 2 is 2.00 bits per heavy atom. The molecule has 0 aromatic heterocycles. The van der Waals surface area contributed by atoms with Crippen molar-refractivity contribution >= 4 is 28.5 Å². The lowest BCUT2D eigenvalue weighted by atomic mass is 10.1. The number of likely N-dealkylation sites (N-methyl/N-ethyl adjacent to an activating group) is 1. The molecule has 70 valence electrons. The van der Waals surface area contributed by atoms with Crippen LogP contribution in [-0.4, -0.2) is 18.1 Å². The van der Waals surface area contributed by atoms with Crippen molar-refractivity contribution in [1.29, 1.82) is 0 Å². The normalized spacial score (nSPS) is 12.2. The lowest BCUT2D eigenvalue weighted by molar-refractivity contribution is -0.119. The fourth-order valence-corrected chi connectivity index (χ4v) is 1.65. The Bertz CT molecular complexity index is 297. The minimum absolute atomic E-state index is 0.0358. The number of carbonyl (C=O) groups is 1. The van der Waals surface area contributed by atoms with Crippen molar-refractivity contribution in [3.63, 3.8) is 0 Å². The van der Waals surface area contributed by atoms with E-state index < -0.39 is 0 Å². The number of benzene rings is 1. The van der Waals surface area contributed by atoms with Crippen LogP contribution in [0.3, 0.4) is 0 Å². The van der Waals surface area contributed by atoms with Crippen LogP contribution in [0.2, 0.25) is 0 Å². The Morgan fingerprint density at radius 1 is 1.46 bits per heavy atom. The zero-order chi connectivity index (χ0) is 9.84. The lowest BCUT2D eigenvalue weighted by Gasteiger charge is -2.07. The van der Waals surface area contributed by atoms with Gasteiger partial charge in [0.1, 0.15) is 9.67 Å². The minimum Gasteiger partial charge on any atom is -0.508 e.